The van der Waals surface area contributed by atoms with Gasteiger partial charge in [0.2, 0.25) is 11.8 Å². The lowest BCUT2D eigenvalue weighted by atomic mass is 9.95. The van der Waals surface area contributed by atoms with E-state index in [2.05, 4.69) is 14.8 Å². The normalized spacial score (nSPS) is 19.3. The van der Waals surface area contributed by atoms with Crippen LogP contribution >= 0.6 is 11.8 Å². The number of benzene rings is 2. The third kappa shape index (κ3) is 4.27. The summed E-state index contributed by atoms with van der Waals surface area (Å²) in [6.07, 6.45) is 5.88. The molecule has 2 fully saturated rings. The smallest absolute Gasteiger partial charge is 0.247 e. The van der Waals surface area contributed by atoms with E-state index in [4.69, 9.17) is 4.74 Å². The number of nitrogens with zero attached hydrogens (tertiary/aromatic N) is 4. The molecule has 8 heteroatoms. The first kappa shape index (κ1) is 21.7. The van der Waals surface area contributed by atoms with Crippen molar-refractivity contribution in [2.75, 3.05) is 12.0 Å². The first-order chi connectivity index (χ1) is 16.2. The Bertz CT molecular complexity index is 1140. The fourth-order valence-electron chi connectivity index (χ4n) is 4.64. The zero-order valence-electron chi connectivity index (χ0n) is 18.5. The molecule has 2 aromatic carbocycles. The van der Waals surface area contributed by atoms with E-state index in [1.165, 1.54) is 35.9 Å². The Labute approximate surface area is 197 Å². The Balaban J connectivity index is 1.43. The summed E-state index contributed by atoms with van der Waals surface area (Å²) in [5.41, 5.74) is 1.57. The molecule has 1 aliphatic heterocycles. The van der Waals surface area contributed by atoms with Crippen LogP contribution in [-0.2, 0) is 9.59 Å². The van der Waals surface area contributed by atoms with Crippen LogP contribution in [0, 0.1) is 0 Å². The first-order valence-corrected chi connectivity index (χ1v) is 12.2. The molecule has 0 spiro atoms. The molecule has 2 heterocycles. The van der Waals surface area contributed by atoms with Crippen LogP contribution in [0.25, 0.3) is 11.4 Å². The summed E-state index contributed by atoms with van der Waals surface area (Å²) in [4.78, 5) is 27.3. The SMILES string of the molecule is COc1ccc(N2C(=O)CC(Sc3nnc(-c4ccccc4)n3C3CCCCC3)C2=O)cc1. The van der Waals surface area contributed by atoms with Crippen molar-refractivity contribution in [3.8, 4) is 17.1 Å². The molecule has 2 aliphatic rings. The molecule has 1 aromatic heterocycles. The number of imide groups is 1. The van der Waals surface area contributed by atoms with Gasteiger partial charge in [0.15, 0.2) is 11.0 Å². The largest absolute Gasteiger partial charge is 0.497 e. The van der Waals surface area contributed by atoms with Gasteiger partial charge in [0.25, 0.3) is 0 Å². The van der Waals surface area contributed by atoms with E-state index >= 15 is 0 Å². The minimum atomic E-state index is -0.519. The number of hydrogen-bond donors (Lipinski definition) is 0. The molecule has 170 valence electrons. The van der Waals surface area contributed by atoms with E-state index in [1.54, 1.807) is 31.4 Å². The fourth-order valence-corrected chi connectivity index (χ4v) is 5.76. The molecule has 3 aromatic rings. The minimum Gasteiger partial charge on any atom is -0.497 e. The summed E-state index contributed by atoms with van der Waals surface area (Å²) >= 11 is 1.36. The van der Waals surface area contributed by atoms with Crippen LogP contribution in [0.3, 0.4) is 0 Å². The minimum absolute atomic E-state index is 0.147. The molecular weight excluding hydrogens is 436 g/mol. The summed E-state index contributed by atoms with van der Waals surface area (Å²) in [5.74, 6) is 1.09. The summed E-state index contributed by atoms with van der Waals surface area (Å²) in [5, 5.41) is 9.19. The van der Waals surface area contributed by atoms with E-state index in [0.29, 0.717) is 22.6 Å². The van der Waals surface area contributed by atoms with Crippen LogP contribution in [0.15, 0.2) is 59.8 Å². The van der Waals surface area contributed by atoms with Crippen LogP contribution < -0.4 is 9.64 Å². The maximum Gasteiger partial charge on any atom is 0.247 e. The summed E-state index contributed by atoms with van der Waals surface area (Å²) < 4.78 is 7.39. The van der Waals surface area contributed by atoms with Crippen LogP contribution in [0.4, 0.5) is 5.69 Å². The van der Waals surface area contributed by atoms with Crippen molar-refractivity contribution in [1.29, 1.82) is 0 Å². The molecule has 0 radical (unpaired) electrons. The maximum atomic E-state index is 13.2. The highest BCUT2D eigenvalue weighted by Gasteiger charge is 2.41. The van der Waals surface area contributed by atoms with Crippen LogP contribution in [-0.4, -0.2) is 38.9 Å². The van der Waals surface area contributed by atoms with Gasteiger partial charge in [0.05, 0.1) is 12.8 Å². The van der Waals surface area contributed by atoms with Crippen molar-refractivity contribution in [1.82, 2.24) is 14.8 Å². The van der Waals surface area contributed by atoms with Crippen molar-refractivity contribution in [2.45, 2.75) is 55.0 Å². The number of hydrogen-bond acceptors (Lipinski definition) is 6. The van der Waals surface area contributed by atoms with Gasteiger partial charge in [-0.3, -0.25) is 14.2 Å². The molecular formula is C25H26N4O3S. The van der Waals surface area contributed by atoms with Crippen LogP contribution in [0.2, 0.25) is 0 Å². The van der Waals surface area contributed by atoms with Gasteiger partial charge in [-0.25, -0.2) is 4.90 Å². The highest BCUT2D eigenvalue weighted by Crippen LogP contribution is 2.39. The van der Waals surface area contributed by atoms with Gasteiger partial charge in [-0.2, -0.15) is 0 Å². The molecule has 1 atom stereocenters. The topological polar surface area (TPSA) is 77.3 Å². The van der Waals surface area contributed by atoms with E-state index < -0.39 is 5.25 Å². The van der Waals surface area contributed by atoms with Crippen molar-refractivity contribution >= 4 is 29.3 Å². The highest BCUT2D eigenvalue weighted by molar-refractivity contribution is 8.00. The van der Waals surface area contributed by atoms with E-state index in [9.17, 15) is 9.59 Å². The number of amides is 2. The second-order valence-electron chi connectivity index (χ2n) is 8.41. The lowest BCUT2D eigenvalue weighted by Crippen LogP contribution is -2.31. The van der Waals surface area contributed by atoms with Gasteiger partial charge in [-0.05, 0) is 37.1 Å². The number of methoxy groups -OCH3 is 1. The van der Waals surface area contributed by atoms with Gasteiger partial charge in [-0.15, -0.1) is 10.2 Å². The Morgan fingerprint density at radius 2 is 1.67 bits per heavy atom. The van der Waals surface area contributed by atoms with Crippen LogP contribution in [0.1, 0.15) is 44.6 Å². The van der Waals surface area contributed by atoms with Crippen molar-refractivity contribution in [2.24, 2.45) is 0 Å². The predicted octanol–water partition coefficient (Wildman–Crippen LogP) is 4.88. The van der Waals surface area contributed by atoms with Crippen molar-refractivity contribution in [3.63, 3.8) is 0 Å². The highest BCUT2D eigenvalue weighted by atomic mass is 32.2. The number of anilines is 1. The number of carbonyl (C=O) groups excluding carboxylic acids is 2. The standard InChI is InChI=1S/C25H26N4O3S/c1-32-20-14-12-19(13-15-20)28-22(30)16-21(24(28)31)33-25-27-26-23(17-8-4-2-5-9-17)29(25)18-10-6-3-7-11-18/h2,4-5,8-9,12-15,18,21H,3,6-7,10-11,16H2,1H3. The molecule has 1 saturated heterocycles. The fraction of sp³-hybridized carbons (Fsp3) is 0.360. The third-order valence-electron chi connectivity index (χ3n) is 6.32. The van der Waals surface area contributed by atoms with Gasteiger partial charge < -0.3 is 4.74 Å². The number of ether oxygens (including phenoxy) is 1. The molecule has 0 N–H and O–H groups in total. The van der Waals surface area contributed by atoms with Crippen LogP contribution in [0.5, 0.6) is 5.75 Å². The molecule has 1 unspecified atom stereocenters. The summed E-state index contributed by atoms with van der Waals surface area (Å²) in [6, 6.07) is 17.3. The molecule has 5 rings (SSSR count). The molecule has 1 saturated carbocycles. The second-order valence-corrected chi connectivity index (χ2v) is 9.58. The van der Waals surface area contributed by atoms with E-state index in [1.807, 2.05) is 30.3 Å². The summed E-state index contributed by atoms with van der Waals surface area (Å²) in [6.45, 7) is 0. The molecule has 1 aliphatic carbocycles. The first-order valence-electron chi connectivity index (χ1n) is 11.3. The van der Waals surface area contributed by atoms with Gasteiger partial charge in [0.1, 0.15) is 11.0 Å². The Morgan fingerprint density at radius 3 is 2.36 bits per heavy atom. The zero-order chi connectivity index (χ0) is 22.8. The average Bonchev–Trinajstić information content (AvgIpc) is 3.40. The number of rotatable bonds is 6. The Morgan fingerprint density at radius 1 is 0.939 bits per heavy atom. The lowest BCUT2D eigenvalue weighted by molar-refractivity contribution is -0.121. The van der Waals surface area contributed by atoms with E-state index in [-0.39, 0.29) is 18.2 Å². The Kier molecular flexibility index (Phi) is 6.17. The summed E-state index contributed by atoms with van der Waals surface area (Å²) in [7, 11) is 1.58. The number of aromatic nitrogens is 3. The molecule has 7 nitrogen and oxygen atoms in total. The van der Waals surface area contributed by atoms with Crippen molar-refractivity contribution in [3.05, 3.63) is 54.6 Å². The number of thioether (sulfide) groups is 1. The molecule has 2 amide bonds. The van der Waals surface area contributed by atoms with E-state index in [0.717, 1.165) is 24.2 Å². The maximum absolute atomic E-state index is 13.2. The van der Waals surface area contributed by atoms with Gasteiger partial charge in [-0.1, -0.05) is 61.4 Å². The number of carbonyl (C=O) groups is 2. The molecule has 0 bridgehead atoms. The quantitative estimate of drug-likeness (QED) is 0.486. The Hall–Kier alpha value is -3.13. The van der Waals surface area contributed by atoms with Crippen molar-refractivity contribution < 1.29 is 14.3 Å². The molecule has 33 heavy (non-hydrogen) atoms. The lowest BCUT2D eigenvalue weighted by Gasteiger charge is -2.26. The second kappa shape index (κ2) is 9.39. The predicted molar refractivity (Wildman–Crippen MR) is 127 cm³/mol. The monoisotopic (exact) mass is 462 g/mol. The third-order valence-corrected chi connectivity index (χ3v) is 7.46. The zero-order valence-corrected chi connectivity index (χ0v) is 19.3. The van der Waals surface area contributed by atoms with Gasteiger partial charge in [0, 0.05) is 18.0 Å². The van der Waals surface area contributed by atoms with Gasteiger partial charge >= 0.3 is 0 Å². The average molecular weight is 463 g/mol.